The molecule has 32 heavy (non-hydrogen) atoms. The number of hydrogen-bond acceptors (Lipinski definition) is 7. The van der Waals surface area contributed by atoms with Gasteiger partial charge in [-0.25, -0.2) is 14.8 Å². The normalized spacial score (nSPS) is 14.2. The Kier molecular flexibility index (Phi) is 5.12. The lowest BCUT2D eigenvalue weighted by Crippen LogP contribution is -2.48. The number of aromatic nitrogens is 5. The number of fused-ring (bicyclic) bond motifs is 1. The number of amides is 1. The van der Waals surface area contributed by atoms with Gasteiger partial charge >= 0.3 is 6.09 Å². The molecule has 0 radical (unpaired) electrons. The number of imidazole rings is 1. The van der Waals surface area contributed by atoms with Crippen molar-refractivity contribution in [3.63, 3.8) is 0 Å². The molecule has 0 spiro atoms. The molecule has 1 fully saturated rings. The van der Waals surface area contributed by atoms with Gasteiger partial charge in [-0.3, -0.25) is 14.4 Å². The van der Waals surface area contributed by atoms with Crippen molar-refractivity contribution in [3.05, 3.63) is 60.9 Å². The number of piperazine rings is 1. The Morgan fingerprint density at radius 1 is 0.969 bits per heavy atom. The van der Waals surface area contributed by atoms with Crippen LogP contribution in [0.4, 0.5) is 10.6 Å². The molecule has 1 amide bonds. The first-order valence-corrected chi connectivity index (χ1v) is 10.2. The van der Waals surface area contributed by atoms with E-state index in [4.69, 9.17) is 5.11 Å². The SMILES string of the molecule is O=C(O)N1CCN(c2ccc(-c3cnc(-c4ccncc4)c4nc(CO)cn34)cn2)CC1. The van der Waals surface area contributed by atoms with Crippen molar-refractivity contribution in [2.45, 2.75) is 6.61 Å². The molecular weight excluding hydrogens is 410 g/mol. The van der Waals surface area contributed by atoms with E-state index in [2.05, 4.69) is 24.8 Å². The molecule has 0 saturated carbocycles. The van der Waals surface area contributed by atoms with Crippen LogP contribution in [0.15, 0.2) is 55.2 Å². The summed E-state index contributed by atoms with van der Waals surface area (Å²) in [6, 6.07) is 7.64. The third kappa shape index (κ3) is 3.60. The molecule has 0 aromatic carbocycles. The third-order valence-corrected chi connectivity index (χ3v) is 5.58. The Morgan fingerprint density at radius 2 is 1.75 bits per heavy atom. The summed E-state index contributed by atoms with van der Waals surface area (Å²) >= 11 is 0. The van der Waals surface area contributed by atoms with Crippen molar-refractivity contribution in [3.8, 4) is 22.5 Å². The van der Waals surface area contributed by atoms with Crippen LogP contribution in [0, 0.1) is 0 Å². The fraction of sp³-hybridized carbons (Fsp3) is 0.227. The summed E-state index contributed by atoms with van der Waals surface area (Å²) in [6.07, 6.45) is 7.87. The van der Waals surface area contributed by atoms with Crippen LogP contribution in [0.25, 0.3) is 28.2 Å². The summed E-state index contributed by atoms with van der Waals surface area (Å²) in [4.78, 5) is 32.5. The smallest absolute Gasteiger partial charge is 0.407 e. The number of aliphatic hydroxyl groups excluding tert-OH is 1. The molecule has 10 nitrogen and oxygen atoms in total. The number of carboxylic acid groups (broad SMARTS) is 1. The van der Waals surface area contributed by atoms with Crippen LogP contribution in [0.3, 0.4) is 0 Å². The van der Waals surface area contributed by atoms with Crippen LogP contribution in [0.1, 0.15) is 5.69 Å². The van der Waals surface area contributed by atoms with E-state index in [-0.39, 0.29) is 6.61 Å². The number of carbonyl (C=O) groups is 1. The number of hydrogen-bond donors (Lipinski definition) is 2. The van der Waals surface area contributed by atoms with E-state index < -0.39 is 6.09 Å². The van der Waals surface area contributed by atoms with Crippen molar-refractivity contribution in [1.29, 1.82) is 0 Å². The lowest BCUT2D eigenvalue weighted by Gasteiger charge is -2.33. The van der Waals surface area contributed by atoms with E-state index in [0.29, 0.717) is 43.2 Å². The van der Waals surface area contributed by atoms with Crippen LogP contribution >= 0.6 is 0 Å². The zero-order valence-electron chi connectivity index (χ0n) is 17.2. The number of rotatable bonds is 4. The van der Waals surface area contributed by atoms with Crippen molar-refractivity contribution >= 4 is 17.6 Å². The quantitative estimate of drug-likeness (QED) is 0.504. The van der Waals surface area contributed by atoms with Gasteiger partial charge < -0.3 is 20.0 Å². The summed E-state index contributed by atoms with van der Waals surface area (Å²) in [5.74, 6) is 0.804. The predicted molar refractivity (Wildman–Crippen MR) is 117 cm³/mol. The van der Waals surface area contributed by atoms with Crippen molar-refractivity contribution in [2.24, 2.45) is 0 Å². The predicted octanol–water partition coefficient (Wildman–Crippen LogP) is 2.15. The molecule has 0 bridgehead atoms. The van der Waals surface area contributed by atoms with E-state index >= 15 is 0 Å². The van der Waals surface area contributed by atoms with Gasteiger partial charge in [-0.05, 0) is 24.3 Å². The van der Waals surface area contributed by atoms with Crippen LogP contribution in [0.2, 0.25) is 0 Å². The molecule has 0 atom stereocenters. The fourth-order valence-corrected chi connectivity index (χ4v) is 3.88. The second-order valence-electron chi connectivity index (χ2n) is 7.47. The molecule has 4 aromatic heterocycles. The Bertz CT molecular complexity index is 1250. The summed E-state index contributed by atoms with van der Waals surface area (Å²) in [5.41, 5.74) is 4.46. The number of pyridine rings is 2. The maximum atomic E-state index is 11.1. The monoisotopic (exact) mass is 431 g/mol. The molecule has 1 aliphatic heterocycles. The maximum Gasteiger partial charge on any atom is 0.407 e. The van der Waals surface area contributed by atoms with E-state index in [1.165, 1.54) is 4.90 Å². The zero-order valence-corrected chi connectivity index (χ0v) is 17.2. The standard InChI is InChI=1S/C22H21N7O3/c30-14-17-13-29-18(12-25-20(21(29)26-17)15-3-5-23-6-4-15)16-1-2-19(24-11-16)27-7-9-28(10-8-27)22(31)32/h1-6,11-13,30H,7-10,14H2,(H,31,32). The Labute approximate surface area is 183 Å². The minimum Gasteiger partial charge on any atom is -0.465 e. The van der Waals surface area contributed by atoms with Crippen molar-refractivity contribution in [1.82, 2.24) is 29.2 Å². The minimum atomic E-state index is -0.887. The molecule has 2 N–H and O–H groups in total. The molecular formula is C22H21N7O3. The highest BCUT2D eigenvalue weighted by atomic mass is 16.4. The lowest BCUT2D eigenvalue weighted by molar-refractivity contribution is 0.142. The van der Waals surface area contributed by atoms with Crippen LogP contribution in [-0.4, -0.2) is 71.7 Å². The Morgan fingerprint density at radius 3 is 2.41 bits per heavy atom. The molecule has 4 aromatic rings. The van der Waals surface area contributed by atoms with E-state index in [1.54, 1.807) is 31.0 Å². The summed E-state index contributed by atoms with van der Waals surface area (Å²) in [7, 11) is 0. The highest BCUT2D eigenvalue weighted by Gasteiger charge is 2.21. The van der Waals surface area contributed by atoms with E-state index in [9.17, 15) is 9.90 Å². The summed E-state index contributed by atoms with van der Waals surface area (Å²) in [5, 5.41) is 18.7. The van der Waals surface area contributed by atoms with Crippen molar-refractivity contribution in [2.75, 3.05) is 31.1 Å². The van der Waals surface area contributed by atoms with Gasteiger partial charge in [0, 0.05) is 62.1 Å². The van der Waals surface area contributed by atoms with E-state index in [0.717, 1.165) is 22.6 Å². The zero-order chi connectivity index (χ0) is 22.1. The summed E-state index contributed by atoms with van der Waals surface area (Å²) in [6.45, 7) is 1.95. The van der Waals surface area contributed by atoms with Crippen LogP contribution in [0.5, 0.6) is 0 Å². The molecule has 0 unspecified atom stereocenters. The average Bonchev–Trinajstić information content (AvgIpc) is 3.29. The fourth-order valence-electron chi connectivity index (χ4n) is 3.88. The van der Waals surface area contributed by atoms with Gasteiger partial charge in [0.05, 0.1) is 24.2 Å². The number of aliphatic hydroxyl groups is 1. The highest BCUT2D eigenvalue weighted by molar-refractivity contribution is 5.77. The first kappa shape index (κ1) is 19.9. The van der Waals surface area contributed by atoms with Gasteiger partial charge in [0.15, 0.2) is 5.65 Å². The highest BCUT2D eigenvalue weighted by Crippen LogP contribution is 2.28. The number of nitrogens with zero attached hydrogens (tertiary/aromatic N) is 7. The van der Waals surface area contributed by atoms with Gasteiger partial charge in [-0.1, -0.05) is 0 Å². The first-order chi connectivity index (χ1) is 15.6. The molecule has 162 valence electrons. The topological polar surface area (TPSA) is 120 Å². The minimum absolute atomic E-state index is 0.170. The van der Waals surface area contributed by atoms with Crippen molar-refractivity contribution < 1.29 is 15.0 Å². The molecule has 1 saturated heterocycles. The van der Waals surface area contributed by atoms with Gasteiger partial charge in [0.1, 0.15) is 11.5 Å². The molecule has 5 rings (SSSR count). The molecule has 1 aliphatic rings. The molecule has 5 heterocycles. The number of anilines is 1. The maximum absolute atomic E-state index is 11.1. The second-order valence-corrected chi connectivity index (χ2v) is 7.47. The molecule has 10 heteroatoms. The van der Waals surface area contributed by atoms with Gasteiger partial charge in [0.2, 0.25) is 0 Å². The van der Waals surface area contributed by atoms with Gasteiger partial charge in [0.25, 0.3) is 0 Å². The van der Waals surface area contributed by atoms with Gasteiger partial charge in [-0.15, -0.1) is 0 Å². The van der Waals surface area contributed by atoms with Gasteiger partial charge in [-0.2, -0.15) is 0 Å². The van der Waals surface area contributed by atoms with E-state index in [1.807, 2.05) is 28.7 Å². The lowest BCUT2D eigenvalue weighted by atomic mass is 10.1. The Balaban J connectivity index is 1.47. The van der Waals surface area contributed by atoms with Crippen LogP contribution < -0.4 is 4.90 Å². The molecule has 0 aliphatic carbocycles. The average molecular weight is 431 g/mol. The second kappa shape index (κ2) is 8.23. The third-order valence-electron chi connectivity index (χ3n) is 5.58. The van der Waals surface area contributed by atoms with Crippen LogP contribution in [-0.2, 0) is 6.61 Å². The summed E-state index contributed by atoms with van der Waals surface area (Å²) < 4.78 is 1.91. The Hall–Kier alpha value is -4.05. The first-order valence-electron chi connectivity index (χ1n) is 10.2. The largest absolute Gasteiger partial charge is 0.465 e.